The lowest BCUT2D eigenvalue weighted by molar-refractivity contribution is -0.146. The van der Waals surface area contributed by atoms with Gasteiger partial charge < -0.3 is 29.1 Å². The van der Waals surface area contributed by atoms with Crippen molar-refractivity contribution in [3.63, 3.8) is 0 Å². The Morgan fingerprint density at radius 2 is 2.02 bits per heavy atom. The van der Waals surface area contributed by atoms with E-state index in [1.165, 1.54) is 18.2 Å². The van der Waals surface area contributed by atoms with E-state index < -0.39 is 17.9 Å². The molecule has 2 aliphatic carbocycles. The SMILES string of the molecule is COC(=O)C1CC(=O)N(C)CC/C=C/C(OCC(=O)O)[C@@H]2CC[C@H]2CN2C[C@@]3(CCCc4cc(Cl)ccc43)COc3ccc1cc32. The number of hydrogen-bond acceptors (Lipinski definition) is 7. The number of carbonyl (C=O) groups is 3. The average molecular weight is 651 g/mol. The normalized spacial score (nSPS) is 28.6. The van der Waals surface area contributed by atoms with Gasteiger partial charge in [0.25, 0.3) is 0 Å². The summed E-state index contributed by atoms with van der Waals surface area (Å²) in [6, 6.07) is 12.0. The molecule has 2 aliphatic heterocycles. The van der Waals surface area contributed by atoms with Crippen LogP contribution in [-0.2, 0) is 35.7 Å². The summed E-state index contributed by atoms with van der Waals surface area (Å²) < 4.78 is 17.8. The summed E-state index contributed by atoms with van der Waals surface area (Å²) in [4.78, 5) is 42.0. The number of carboxylic acids is 1. The summed E-state index contributed by atoms with van der Waals surface area (Å²) in [5.41, 5.74) is 3.86. The van der Waals surface area contributed by atoms with E-state index in [4.69, 9.17) is 25.8 Å². The van der Waals surface area contributed by atoms with Crippen molar-refractivity contribution in [2.75, 3.05) is 51.9 Å². The first-order chi connectivity index (χ1) is 22.2. The number of anilines is 1. The molecule has 1 spiro atoms. The Labute approximate surface area is 275 Å². The van der Waals surface area contributed by atoms with Gasteiger partial charge in [0.1, 0.15) is 12.4 Å². The highest BCUT2D eigenvalue weighted by atomic mass is 35.5. The summed E-state index contributed by atoms with van der Waals surface area (Å²) in [6.45, 7) is 2.04. The molecule has 1 fully saturated rings. The highest BCUT2D eigenvalue weighted by molar-refractivity contribution is 6.30. The molecule has 0 saturated heterocycles. The standard InChI is InChI=1S/C36H43ClN2O7/c1-38-15-4-3-7-31(45-20-34(41)42)27-11-8-25(27)19-39-21-36(14-5-6-24-16-26(37)10-12-29(24)36)22-46-32-13-9-23(17-30(32)39)28(18-33(38)40)35(43)44-2/h3,7,9-10,12-13,16-17,25,27-28,31H,4-6,8,11,14-15,18-22H2,1-2H3,(H,41,42)/b7-3+/t25-,27+,28?,31?,36-/m0/s1. The third-order valence-electron chi connectivity index (χ3n) is 10.5. The highest BCUT2D eigenvalue weighted by Crippen LogP contribution is 2.47. The largest absolute Gasteiger partial charge is 0.490 e. The van der Waals surface area contributed by atoms with Gasteiger partial charge in [0.05, 0.1) is 31.4 Å². The molecule has 2 heterocycles. The molecule has 46 heavy (non-hydrogen) atoms. The van der Waals surface area contributed by atoms with Crippen molar-refractivity contribution < 1.29 is 33.7 Å². The summed E-state index contributed by atoms with van der Waals surface area (Å²) in [5, 5.41) is 10.1. The van der Waals surface area contributed by atoms with Crippen LogP contribution in [0.3, 0.4) is 0 Å². The Kier molecular flexibility index (Phi) is 9.62. The van der Waals surface area contributed by atoms with Crippen LogP contribution in [0.5, 0.6) is 5.75 Å². The summed E-state index contributed by atoms with van der Waals surface area (Å²) >= 11 is 6.43. The van der Waals surface area contributed by atoms with Crippen molar-refractivity contribution >= 4 is 35.1 Å². The lowest BCUT2D eigenvalue weighted by atomic mass is 9.68. The topological polar surface area (TPSA) is 106 Å². The number of esters is 1. The van der Waals surface area contributed by atoms with E-state index in [1.807, 2.05) is 36.4 Å². The quantitative estimate of drug-likeness (QED) is 0.348. The van der Waals surface area contributed by atoms with Crippen molar-refractivity contribution in [2.45, 2.75) is 62.4 Å². The summed E-state index contributed by atoms with van der Waals surface area (Å²) in [6.07, 6.45) is 9.08. The molecule has 5 atom stereocenters. The van der Waals surface area contributed by atoms with Crippen LogP contribution in [0.15, 0.2) is 48.6 Å². The molecule has 6 rings (SSSR count). The lowest BCUT2D eigenvalue weighted by Gasteiger charge is -2.46. The van der Waals surface area contributed by atoms with E-state index in [0.717, 1.165) is 55.1 Å². The molecule has 0 radical (unpaired) electrons. The van der Waals surface area contributed by atoms with Crippen LogP contribution in [0.1, 0.15) is 61.1 Å². The molecule has 1 amide bonds. The number of nitrogens with zero attached hydrogens (tertiary/aromatic N) is 2. The van der Waals surface area contributed by atoms with E-state index >= 15 is 0 Å². The highest BCUT2D eigenvalue weighted by Gasteiger charge is 2.44. The fourth-order valence-electron chi connectivity index (χ4n) is 7.81. The number of hydrogen-bond donors (Lipinski definition) is 1. The number of aryl methyl sites for hydroxylation is 1. The minimum absolute atomic E-state index is 0.0142. The first-order valence-corrected chi connectivity index (χ1v) is 16.7. The number of aliphatic carboxylic acids is 1. The summed E-state index contributed by atoms with van der Waals surface area (Å²) in [5.74, 6) is -1.21. The van der Waals surface area contributed by atoms with Crippen LogP contribution >= 0.6 is 11.6 Å². The second-order valence-corrected chi connectivity index (χ2v) is 13.8. The van der Waals surface area contributed by atoms with Crippen LogP contribution in [0.4, 0.5) is 5.69 Å². The van der Waals surface area contributed by atoms with Crippen LogP contribution in [0, 0.1) is 11.8 Å². The van der Waals surface area contributed by atoms with Crippen molar-refractivity contribution in [3.8, 4) is 5.75 Å². The third kappa shape index (κ3) is 6.63. The third-order valence-corrected chi connectivity index (χ3v) is 10.7. The van der Waals surface area contributed by atoms with E-state index in [-0.39, 0.29) is 42.3 Å². The molecule has 1 N–H and O–H groups in total. The Hall–Kier alpha value is -3.56. The van der Waals surface area contributed by atoms with E-state index in [9.17, 15) is 19.5 Å². The lowest BCUT2D eigenvalue weighted by Crippen LogP contribution is -2.49. The molecule has 1 saturated carbocycles. The first kappa shape index (κ1) is 32.4. The number of carboxylic acid groups (broad SMARTS) is 1. The molecule has 2 bridgehead atoms. The van der Waals surface area contributed by atoms with Crippen LogP contribution < -0.4 is 9.64 Å². The molecule has 2 unspecified atom stereocenters. The molecule has 10 heteroatoms. The second kappa shape index (κ2) is 13.7. The van der Waals surface area contributed by atoms with Gasteiger partial charge in [-0.05, 0) is 91.3 Å². The van der Waals surface area contributed by atoms with Gasteiger partial charge in [-0.3, -0.25) is 9.59 Å². The number of carbonyl (C=O) groups excluding carboxylic acids is 2. The molecule has 2 aromatic rings. The van der Waals surface area contributed by atoms with Gasteiger partial charge in [-0.25, -0.2) is 4.79 Å². The molecular formula is C36H43ClN2O7. The van der Waals surface area contributed by atoms with Gasteiger partial charge in [0.15, 0.2) is 0 Å². The number of rotatable bonds is 4. The smallest absolute Gasteiger partial charge is 0.329 e. The van der Waals surface area contributed by atoms with Crippen LogP contribution in [-0.4, -0.2) is 81.0 Å². The molecule has 4 aliphatic rings. The van der Waals surface area contributed by atoms with Gasteiger partial charge in [-0.15, -0.1) is 0 Å². The number of benzene rings is 2. The zero-order valence-electron chi connectivity index (χ0n) is 26.6. The maximum atomic E-state index is 13.3. The fraction of sp³-hybridized carbons (Fsp3) is 0.528. The Morgan fingerprint density at radius 1 is 1.17 bits per heavy atom. The van der Waals surface area contributed by atoms with Crippen LogP contribution in [0.25, 0.3) is 0 Å². The molecule has 2 aromatic carbocycles. The van der Waals surface area contributed by atoms with Crippen molar-refractivity contribution in [1.29, 1.82) is 0 Å². The number of halogens is 1. The first-order valence-electron chi connectivity index (χ1n) is 16.3. The monoisotopic (exact) mass is 650 g/mol. The zero-order valence-corrected chi connectivity index (χ0v) is 27.3. The van der Waals surface area contributed by atoms with Crippen molar-refractivity contribution in [2.24, 2.45) is 11.8 Å². The molecule has 9 nitrogen and oxygen atoms in total. The van der Waals surface area contributed by atoms with Crippen molar-refractivity contribution in [1.82, 2.24) is 4.90 Å². The van der Waals surface area contributed by atoms with Crippen molar-refractivity contribution in [3.05, 3.63) is 70.3 Å². The fourth-order valence-corrected chi connectivity index (χ4v) is 8.00. The number of fused-ring (bicyclic) bond motifs is 4. The number of methoxy groups -OCH3 is 1. The Balaban J connectivity index is 1.43. The van der Waals surface area contributed by atoms with Gasteiger partial charge in [-0.2, -0.15) is 0 Å². The van der Waals surface area contributed by atoms with E-state index in [0.29, 0.717) is 31.7 Å². The molecular weight excluding hydrogens is 608 g/mol. The predicted molar refractivity (Wildman–Crippen MR) is 175 cm³/mol. The second-order valence-electron chi connectivity index (χ2n) is 13.3. The van der Waals surface area contributed by atoms with E-state index in [1.54, 1.807) is 11.9 Å². The summed E-state index contributed by atoms with van der Waals surface area (Å²) in [7, 11) is 3.09. The Bertz CT molecular complexity index is 1510. The maximum absolute atomic E-state index is 13.3. The van der Waals surface area contributed by atoms with Gasteiger partial charge in [0, 0.05) is 43.5 Å². The number of amides is 1. The zero-order chi connectivity index (χ0) is 32.4. The van der Waals surface area contributed by atoms with Gasteiger partial charge in [0.2, 0.25) is 5.91 Å². The van der Waals surface area contributed by atoms with Gasteiger partial charge >= 0.3 is 11.9 Å². The maximum Gasteiger partial charge on any atom is 0.329 e. The van der Waals surface area contributed by atoms with Crippen LogP contribution in [0.2, 0.25) is 5.02 Å². The van der Waals surface area contributed by atoms with E-state index in [2.05, 4.69) is 17.0 Å². The van der Waals surface area contributed by atoms with Gasteiger partial charge in [-0.1, -0.05) is 35.9 Å². The predicted octanol–water partition coefficient (Wildman–Crippen LogP) is 5.37. The Morgan fingerprint density at radius 3 is 2.78 bits per heavy atom. The average Bonchev–Trinajstić information content (AvgIpc) is 3.18. The minimum Gasteiger partial charge on any atom is -0.490 e. The molecule has 0 aromatic heterocycles. The minimum atomic E-state index is -0.994. The number of ether oxygens (including phenoxy) is 3. The molecule has 246 valence electrons.